The fourth-order valence-electron chi connectivity index (χ4n) is 2.26. The molecule has 0 saturated heterocycles. The zero-order chi connectivity index (χ0) is 14.4. The third-order valence-electron chi connectivity index (χ3n) is 3.59. The van der Waals surface area contributed by atoms with Crippen LogP contribution in [0.2, 0.25) is 0 Å². The van der Waals surface area contributed by atoms with E-state index in [0.717, 1.165) is 25.1 Å². The lowest BCUT2D eigenvalue weighted by atomic mass is 9.99. The molecule has 0 spiro atoms. The van der Waals surface area contributed by atoms with Gasteiger partial charge in [-0.05, 0) is 49.9 Å². The quantitative estimate of drug-likeness (QED) is 0.873. The van der Waals surface area contributed by atoms with E-state index in [4.69, 9.17) is 0 Å². The van der Waals surface area contributed by atoms with E-state index in [9.17, 15) is 0 Å². The molecule has 1 heterocycles. The van der Waals surface area contributed by atoms with Crippen molar-refractivity contribution in [2.45, 2.75) is 39.7 Å². The van der Waals surface area contributed by atoms with Crippen LogP contribution in [0.3, 0.4) is 0 Å². The van der Waals surface area contributed by atoms with Gasteiger partial charge in [0.25, 0.3) is 0 Å². The van der Waals surface area contributed by atoms with Crippen molar-refractivity contribution in [2.24, 2.45) is 0 Å². The van der Waals surface area contributed by atoms with E-state index in [1.54, 1.807) is 12.4 Å². The molecule has 3 nitrogen and oxygen atoms in total. The molecule has 2 aromatic rings. The molecule has 1 N–H and O–H groups in total. The summed E-state index contributed by atoms with van der Waals surface area (Å²) in [7, 11) is 0. The predicted octanol–water partition coefficient (Wildman–Crippen LogP) is 3.38. The normalized spacial score (nSPS) is 12.3. The standard InChI is InChI=1S/C17H23N3/c1-4-7-19-16(17-12-18-8-9-20-17)11-15-6-5-13(2)14(3)10-15/h5-6,8-10,12,16,19H,4,7,11H2,1-3H3. The average Bonchev–Trinajstić information content (AvgIpc) is 2.48. The molecule has 1 atom stereocenters. The van der Waals surface area contributed by atoms with E-state index >= 15 is 0 Å². The summed E-state index contributed by atoms with van der Waals surface area (Å²) < 4.78 is 0. The fourth-order valence-corrected chi connectivity index (χ4v) is 2.26. The number of aromatic nitrogens is 2. The summed E-state index contributed by atoms with van der Waals surface area (Å²) in [6.07, 6.45) is 7.39. The Labute approximate surface area is 121 Å². The largest absolute Gasteiger partial charge is 0.308 e. The van der Waals surface area contributed by atoms with Crippen LogP contribution >= 0.6 is 0 Å². The SMILES string of the molecule is CCCNC(Cc1ccc(C)c(C)c1)c1cnccn1. The van der Waals surface area contributed by atoms with Crippen LogP contribution in [0.1, 0.15) is 41.8 Å². The minimum absolute atomic E-state index is 0.228. The van der Waals surface area contributed by atoms with E-state index in [2.05, 4.69) is 54.3 Å². The second-order valence-corrected chi connectivity index (χ2v) is 5.26. The molecule has 1 aromatic carbocycles. The maximum Gasteiger partial charge on any atom is 0.0759 e. The van der Waals surface area contributed by atoms with E-state index < -0.39 is 0 Å². The van der Waals surface area contributed by atoms with E-state index in [1.165, 1.54) is 16.7 Å². The number of rotatable bonds is 6. The summed E-state index contributed by atoms with van der Waals surface area (Å²) >= 11 is 0. The predicted molar refractivity (Wildman–Crippen MR) is 82.7 cm³/mol. The lowest BCUT2D eigenvalue weighted by Crippen LogP contribution is -2.25. The number of hydrogen-bond acceptors (Lipinski definition) is 3. The van der Waals surface area contributed by atoms with Crippen LogP contribution in [0, 0.1) is 13.8 Å². The topological polar surface area (TPSA) is 37.8 Å². The van der Waals surface area contributed by atoms with Gasteiger partial charge in [0, 0.05) is 18.6 Å². The third kappa shape index (κ3) is 3.87. The van der Waals surface area contributed by atoms with Gasteiger partial charge in [-0.3, -0.25) is 9.97 Å². The molecule has 0 aliphatic rings. The molecule has 3 heteroatoms. The first-order valence-corrected chi connectivity index (χ1v) is 7.26. The zero-order valence-corrected chi connectivity index (χ0v) is 12.6. The lowest BCUT2D eigenvalue weighted by Gasteiger charge is -2.18. The molecule has 0 aliphatic carbocycles. The van der Waals surface area contributed by atoms with Crippen molar-refractivity contribution in [3.8, 4) is 0 Å². The van der Waals surface area contributed by atoms with Gasteiger partial charge in [-0.2, -0.15) is 0 Å². The van der Waals surface area contributed by atoms with Crippen LogP contribution in [0.25, 0.3) is 0 Å². The molecule has 2 rings (SSSR count). The fraction of sp³-hybridized carbons (Fsp3) is 0.412. The maximum atomic E-state index is 4.44. The summed E-state index contributed by atoms with van der Waals surface area (Å²) in [5.41, 5.74) is 5.04. The third-order valence-corrected chi connectivity index (χ3v) is 3.59. The molecular formula is C17H23N3. The van der Waals surface area contributed by atoms with Crippen LogP contribution in [-0.4, -0.2) is 16.5 Å². The summed E-state index contributed by atoms with van der Waals surface area (Å²) in [6, 6.07) is 6.90. The van der Waals surface area contributed by atoms with Crippen molar-refractivity contribution in [1.29, 1.82) is 0 Å². The van der Waals surface area contributed by atoms with Gasteiger partial charge < -0.3 is 5.32 Å². The highest BCUT2D eigenvalue weighted by Gasteiger charge is 2.13. The summed E-state index contributed by atoms with van der Waals surface area (Å²) in [5.74, 6) is 0. The van der Waals surface area contributed by atoms with Crippen LogP contribution in [0.5, 0.6) is 0 Å². The Morgan fingerprint density at radius 1 is 1.15 bits per heavy atom. The van der Waals surface area contributed by atoms with Gasteiger partial charge in [0.1, 0.15) is 0 Å². The number of nitrogens with zero attached hydrogens (tertiary/aromatic N) is 2. The first kappa shape index (κ1) is 14.7. The minimum Gasteiger partial charge on any atom is -0.308 e. The van der Waals surface area contributed by atoms with Crippen LogP contribution in [0.4, 0.5) is 0 Å². The molecule has 0 fully saturated rings. The molecule has 0 radical (unpaired) electrons. The first-order valence-electron chi connectivity index (χ1n) is 7.26. The van der Waals surface area contributed by atoms with Crippen molar-refractivity contribution in [1.82, 2.24) is 15.3 Å². The summed E-state index contributed by atoms with van der Waals surface area (Å²) in [5, 5.41) is 3.57. The van der Waals surface area contributed by atoms with Crippen molar-refractivity contribution >= 4 is 0 Å². The second-order valence-electron chi connectivity index (χ2n) is 5.26. The summed E-state index contributed by atoms with van der Waals surface area (Å²) in [4.78, 5) is 8.63. The molecule has 0 bridgehead atoms. The molecule has 1 aromatic heterocycles. The van der Waals surface area contributed by atoms with Crippen molar-refractivity contribution in [3.05, 3.63) is 59.2 Å². The van der Waals surface area contributed by atoms with E-state index in [-0.39, 0.29) is 6.04 Å². The first-order chi connectivity index (χ1) is 9.70. The molecule has 0 saturated carbocycles. The van der Waals surface area contributed by atoms with Gasteiger partial charge in [-0.15, -0.1) is 0 Å². The van der Waals surface area contributed by atoms with E-state index in [1.807, 2.05) is 6.20 Å². The Hall–Kier alpha value is -1.74. The highest BCUT2D eigenvalue weighted by molar-refractivity contribution is 5.30. The number of benzene rings is 1. The van der Waals surface area contributed by atoms with Crippen LogP contribution in [0.15, 0.2) is 36.8 Å². The zero-order valence-electron chi connectivity index (χ0n) is 12.6. The van der Waals surface area contributed by atoms with Gasteiger partial charge in [-0.1, -0.05) is 25.1 Å². The Bertz CT molecular complexity index is 537. The van der Waals surface area contributed by atoms with Gasteiger partial charge in [0.05, 0.1) is 11.7 Å². The van der Waals surface area contributed by atoms with Crippen molar-refractivity contribution < 1.29 is 0 Å². The Morgan fingerprint density at radius 2 is 2.00 bits per heavy atom. The van der Waals surface area contributed by atoms with Crippen LogP contribution in [-0.2, 0) is 6.42 Å². The molecule has 1 unspecified atom stereocenters. The van der Waals surface area contributed by atoms with Gasteiger partial charge in [-0.25, -0.2) is 0 Å². The smallest absolute Gasteiger partial charge is 0.0759 e. The van der Waals surface area contributed by atoms with E-state index in [0.29, 0.717) is 0 Å². The van der Waals surface area contributed by atoms with Crippen molar-refractivity contribution in [3.63, 3.8) is 0 Å². The number of hydrogen-bond donors (Lipinski definition) is 1. The second kappa shape index (κ2) is 7.15. The molecule has 20 heavy (non-hydrogen) atoms. The van der Waals surface area contributed by atoms with Crippen molar-refractivity contribution in [2.75, 3.05) is 6.54 Å². The highest BCUT2D eigenvalue weighted by atomic mass is 14.9. The van der Waals surface area contributed by atoms with Crippen LogP contribution < -0.4 is 5.32 Å². The molecular weight excluding hydrogens is 246 g/mol. The maximum absolute atomic E-state index is 4.44. The average molecular weight is 269 g/mol. The number of nitrogens with one attached hydrogen (secondary N) is 1. The molecule has 0 amide bonds. The monoisotopic (exact) mass is 269 g/mol. The summed E-state index contributed by atoms with van der Waals surface area (Å²) in [6.45, 7) is 7.48. The Balaban J connectivity index is 2.17. The van der Waals surface area contributed by atoms with Gasteiger partial charge >= 0.3 is 0 Å². The Morgan fingerprint density at radius 3 is 2.65 bits per heavy atom. The van der Waals surface area contributed by atoms with Gasteiger partial charge in [0.2, 0.25) is 0 Å². The Kier molecular flexibility index (Phi) is 5.24. The molecule has 106 valence electrons. The van der Waals surface area contributed by atoms with Gasteiger partial charge in [0.15, 0.2) is 0 Å². The highest BCUT2D eigenvalue weighted by Crippen LogP contribution is 2.18. The minimum atomic E-state index is 0.228. The lowest BCUT2D eigenvalue weighted by molar-refractivity contribution is 0.516. The molecule has 0 aliphatic heterocycles. The number of aryl methyl sites for hydroxylation is 2.